The number of hydrogen-bond acceptors (Lipinski definition) is 5. The van der Waals surface area contributed by atoms with Crippen LogP contribution in [0.1, 0.15) is 55.7 Å². The minimum atomic E-state index is -0.976. The molecule has 0 aromatic heterocycles. The van der Waals surface area contributed by atoms with E-state index in [9.17, 15) is 15.0 Å². The highest BCUT2D eigenvalue weighted by Crippen LogP contribution is 2.41. The van der Waals surface area contributed by atoms with Crippen molar-refractivity contribution in [2.75, 3.05) is 6.61 Å². The van der Waals surface area contributed by atoms with Gasteiger partial charge in [-0.1, -0.05) is 117 Å². The number of hydrogen-bond donors (Lipinski definition) is 2. The zero-order valence-corrected chi connectivity index (χ0v) is 20.8. The fraction of sp³-hybridized carbons (Fsp3) is 0.387. The molecule has 0 bridgehead atoms. The van der Waals surface area contributed by atoms with Crippen molar-refractivity contribution in [2.45, 2.75) is 62.9 Å². The van der Waals surface area contributed by atoms with E-state index in [1.165, 1.54) is 0 Å². The monoisotopic (exact) mass is 488 g/mol. The third-order valence-corrected chi connectivity index (χ3v) is 7.02. The van der Waals surface area contributed by atoms with Crippen LogP contribution in [0.15, 0.2) is 91.0 Å². The van der Waals surface area contributed by atoms with Gasteiger partial charge in [0.25, 0.3) is 0 Å². The van der Waals surface area contributed by atoms with Gasteiger partial charge in [0.15, 0.2) is 0 Å². The molecule has 36 heavy (non-hydrogen) atoms. The van der Waals surface area contributed by atoms with E-state index in [1.54, 1.807) is 0 Å². The molecule has 0 saturated carbocycles. The lowest BCUT2D eigenvalue weighted by Crippen LogP contribution is -2.49. The maximum Gasteiger partial charge on any atom is 0.314 e. The molecule has 0 amide bonds. The van der Waals surface area contributed by atoms with Crippen LogP contribution in [0.4, 0.5) is 0 Å². The molecular weight excluding hydrogens is 452 g/mol. The van der Waals surface area contributed by atoms with Gasteiger partial charge in [0, 0.05) is 6.42 Å². The van der Waals surface area contributed by atoms with Crippen LogP contribution in [-0.2, 0) is 19.9 Å². The molecule has 3 aromatic rings. The standard InChI is InChI=1S/C31H36O5/c1-2-3-7-20-27(32)29-28(33)21-26(36-30(29)34)22-35-31(23-14-8-4-9-15-23,24-16-10-5-11-17-24)25-18-12-6-13-19-25/h4-6,8-19,26-29,32-33H,2-3,7,20-22H2,1H3/t26-,27+,28?,29+/m0/s1. The number of cyclic esters (lactones) is 1. The summed E-state index contributed by atoms with van der Waals surface area (Å²) in [5.41, 5.74) is 1.93. The van der Waals surface area contributed by atoms with Crippen LogP contribution >= 0.6 is 0 Å². The molecule has 4 rings (SSSR count). The zero-order chi connectivity index (χ0) is 25.4. The second-order valence-electron chi connectivity index (χ2n) is 9.54. The Bertz CT molecular complexity index is 973. The summed E-state index contributed by atoms with van der Waals surface area (Å²) in [6.07, 6.45) is 1.01. The van der Waals surface area contributed by atoms with Gasteiger partial charge in [0.1, 0.15) is 17.6 Å². The van der Waals surface area contributed by atoms with Gasteiger partial charge in [-0.05, 0) is 23.1 Å². The van der Waals surface area contributed by atoms with Crippen molar-refractivity contribution < 1.29 is 24.5 Å². The average Bonchev–Trinajstić information content (AvgIpc) is 2.91. The van der Waals surface area contributed by atoms with Gasteiger partial charge in [0.05, 0.1) is 18.8 Å². The van der Waals surface area contributed by atoms with Crippen LogP contribution in [0.3, 0.4) is 0 Å². The van der Waals surface area contributed by atoms with E-state index in [0.717, 1.165) is 36.0 Å². The number of aliphatic hydroxyl groups excluding tert-OH is 2. The van der Waals surface area contributed by atoms with Crippen molar-refractivity contribution >= 4 is 5.97 Å². The molecule has 1 unspecified atom stereocenters. The predicted octanol–water partition coefficient (Wildman–Crippen LogP) is 5.23. The summed E-state index contributed by atoms with van der Waals surface area (Å²) >= 11 is 0. The third kappa shape index (κ3) is 5.70. The van der Waals surface area contributed by atoms with Crippen LogP contribution in [0, 0.1) is 5.92 Å². The first-order valence-electron chi connectivity index (χ1n) is 12.9. The molecule has 3 aromatic carbocycles. The molecule has 5 nitrogen and oxygen atoms in total. The lowest BCUT2D eigenvalue weighted by Gasteiger charge is -2.39. The quantitative estimate of drug-likeness (QED) is 0.220. The molecule has 0 aliphatic carbocycles. The number of rotatable bonds is 11. The van der Waals surface area contributed by atoms with Gasteiger partial charge >= 0.3 is 5.97 Å². The zero-order valence-electron chi connectivity index (χ0n) is 20.8. The first-order chi connectivity index (χ1) is 17.6. The lowest BCUT2D eigenvalue weighted by molar-refractivity contribution is -0.185. The molecule has 0 radical (unpaired) electrons. The van der Waals surface area contributed by atoms with Crippen LogP contribution in [0.25, 0.3) is 0 Å². The van der Waals surface area contributed by atoms with Gasteiger partial charge < -0.3 is 19.7 Å². The topological polar surface area (TPSA) is 76.0 Å². The van der Waals surface area contributed by atoms with Crippen LogP contribution in [-0.4, -0.2) is 41.1 Å². The van der Waals surface area contributed by atoms with E-state index < -0.39 is 35.8 Å². The normalized spacial score (nSPS) is 21.1. The first kappa shape index (κ1) is 26.1. The molecule has 190 valence electrons. The summed E-state index contributed by atoms with van der Waals surface area (Å²) < 4.78 is 12.5. The third-order valence-electron chi connectivity index (χ3n) is 7.02. The molecule has 1 aliphatic rings. The van der Waals surface area contributed by atoms with E-state index >= 15 is 0 Å². The highest BCUT2D eigenvalue weighted by Gasteiger charge is 2.44. The Morgan fingerprint density at radius 2 is 1.39 bits per heavy atom. The van der Waals surface area contributed by atoms with E-state index in [4.69, 9.17) is 9.47 Å². The number of aliphatic hydroxyl groups is 2. The Kier molecular flexibility index (Phi) is 8.92. The molecule has 2 N–H and O–H groups in total. The van der Waals surface area contributed by atoms with Gasteiger partial charge in [-0.25, -0.2) is 0 Å². The Morgan fingerprint density at radius 3 is 1.83 bits per heavy atom. The summed E-state index contributed by atoms with van der Waals surface area (Å²) in [6, 6.07) is 30.0. The molecule has 5 heteroatoms. The lowest BCUT2D eigenvalue weighted by atomic mass is 9.80. The van der Waals surface area contributed by atoms with Crippen molar-refractivity contribution in [3.05, 3.63) is 108 Å². The fourth-order valence-electron chi connectivity index (χ4n) is 5.15. The SMILES string of the molecule is CCCCC[C@@H](O)[C@H]1C(=O)O[C@H](COC(c2ccccc2)(c2ccccc2)c2ccccc2)CC1O. The maximum absolute atomic E-state index is 12.8. The van der Waals surface area contributed by atoms with E-state index in [1.807, 2.05) is 91.0 Å². The number of unbranched alkanes of at least 4 members (excludes halogenated alkanes) is 2. The van der Waals surface area contributed by atoms with Gasteiger partial charge in [-0.15, -0.1) is 0 Å². The number of esters is 1. The molecule has 1 aliphatic heterocycles. The largest absolute Gasteiger partial charge is 0.459 e. The number of ether oxygens (including phenoxy) is 2. The second-order valence-corrected chi connectivity index (χ2v) is 9.54. The molecule has 4 atom stereocenters. The Morgan fingerprint density at radius 1 is 0.889 bits per heavy atom. The molecular formula is C31H36O5. The van der Waals surface area contributed by atoms with Crippen molar-refractivity contribution in [3.8, 4) is 0 Å². The minimum absolute atomic E-state index is 0.0974. The summed E-state index contributed by atoms with van der Waals surface area (Å²) in [5.74, 6) is -1.48. The van der Waals surface area contributed by atoms with Gasteiger partial charge in [0.2, 0.25) is 0 Å². The van der Waals surface area contributed by atoms with Crippen LogP contribution in [0.5, 0.6) is 0 Å². The Labute approximate surface area is 213 Å². The summed E-state index contributed by atoms with van der Waals surface area (Å²) in [4.78, 5) is 12.8. The van der Waals surface area contributed by atoms with Crippen molar-refractivity contribution in [3.63, 3.8) is 0 Å². The van der Waals surface area contributed by atoms with Crippen molar-refractivity contribution in [1.82, 2.24) is 0 Å². The molecule has 0 spiro atoms. The molecule has 1 saturated heterocycles. The smallest absolute Gasteiger partial charge is 0.314 e. The fourth-order valence-corrected chi connectivity index (χ4v) is 5.15. The van der Waals surface area contributed by atoms with Gasteiger partial charge in [-0.3, -0.25) is 4.79 Å². The highest BCUT2D eigenvalue weighted by molar-refractivity contribution is 5.74. The number of carbonyl (C=O) groups excluding carboxylic acids is 1. The Balaban J connectivity index is 1.59. The summed E-state index contributed by atoms with van der Waals surface area (Å²) in [6.45, 7) is 2.18. The predicted molar refractivity (Wildman–Crippen MR) is 139 cm³/mol. The van der Waals surface area contributed by atoms with E-state index in [0.29, 0.717) is 6.42 Å². The number of benzene rings is 3. The van der Waals surface area contributed by atoms with E-state index in [2.05, 4.69) is 6.92 Å². The first-order valence-corrected chi connectivity index (χ1v) is 12.9. The summed E-state index contributed by atoms with van der Waals surface area (Å²) in [5, 5.41) is 21.3. The Hall–Kier alpha value is -2.99. The highest BCUT2D eigenvalue weighted by atomic mass is 16.6. The number of carbonyl (C=O) groups is 1. The van der Waals surface area contributed by atoms with E-state index in [-0.39, 0.29) is 13.0 Å². The average molecular weight is 489 g/mol. The van der Waals surface area contributed by atoms with Crippen LogP contribution in [0.2, 0.25) is 0 Å². The van der Waals surface area contributed by atoms with Gasteiger partial charge in [-0.2, -0.15) is 0 Å². The molecule has 1 heterocycles. The van der Waals surface area contributed by atoms with Crippen molar-refractivity contribution in [2.24, 2.45) is 5.92 Å². The van der Waals surface area contributed by atoms with Crippen molar-refractivity contribution in [1.29, 1.82) is 0 Å². The minimum Gasteiger partial charge on any atom is -0.459 e. The maximum atomic E-state index is 12.8. The summed E-state index contributed by atoms with van der Waals surface area (Å²) in [7, 11) is 0. The second kappa shape index (κ2) is 12.3. The van der Waals surface area contributed by atoms with Crippen LogP contribution < -0.4 is 0 Å². The molecule has 1 fully saturated rings.